The van der Waals surface area contributed by atoms with Crippen LogP contribution in [0.3, 0.4) is 0 Å². The normalized spacial score (nSPS) is 9.21. The van der Waals surface area contributed by atoms with Crippen molar-refractivity contribution in [1.82, 2.24) is 0 Å². The van der Waals surface area contributed by atoms with Gasteiger partial charge in [0.05, 0.1) is 25.2 Å². The van der Waals surface area contributed by atoms with Crippen LogP contribution in [0.2, 0.25) is 0 Å². The summed E-state index contributed by atoms with van der Waals surface area (Å²) in [5.74, 6) is -0.963. The third kappa shape index (κ3) is 2.30. The molecule has 0 fully saturated rings. The first kappa shape index (κ1) is 10.2. The highest BCUT2D eigenvalue weighted by Gasteiger charge is 2.08. The van der Waals surface area contributed by atoms with Crippen LogP contribution in [0, 0.1) is 17.1 Å². The van der Waals surface area contributed by atoms with Crippen LogP contribution in [-0.4, -0.2) is 13.1 Å². The average molecular weight is 193 g/mol. The third-order valence-electron chi connectivity index (χ3n) is 1.75. The number of esters is 1. The van der Waals surface area contributed by atoms with Gasteiger partial charge in [-0.1, -0.05) is 0 Å². The molecule has 0 bridgehead atoms. The van der Waals surface area contributed by atoms with Gasteiger partial charge in [0.2, 0.25) is 0 Å². The van der Waals surface area contributed by atoms with Crippen LogP contribution in [0.4, 0.5) is 4.39 Å². The van der Waals surface area contributed by atoms with E-state index in [0.29, 0.717) is 5.56 Å². The number of rotatable bonds is 2. The van der Waals surface area contributed by atoms with Gasteiger partial charge in [0.15, 0.2) is 0 Å². The van der Waals surface area contributed by atoms with Gasteiger partial charge in [-0.3, -0.25) is 4.79 Å². The highest BCUT2D eigenvalue weighted by atomic mass is 19.1. The van der Waals surface area contributed by atoms with E-state index in [0.717, 1.165) is 6.07 Å². The van der Waals surface area contributed by atoms with Crippen LogP contribution in [0.1, 0.15) is 11.1 Å². The fourth-order valence-corrected chi connectivity index (χ4v) is 1.05. The Balaban J connectivity index is 3.00. The van der Waals surface area contributed by atoms with Gasteiger partial charge in [-0.2, -0.15) is 5.26 Å². The quantitative estimate of drug-likeness (QED) is 0.667. The number of halogens is 1. The first-order valence-corrected chi connectivity index (χ1v) is 3.92. The van der Waals surface area contributed by atoms with Gasteiger partial charge in [0.25, 0.3) is 0 Å². The molecule has 0 unspecified atom stereocenters. The number of carbonyl (C=O) groups excluding carboxylic acids is 1. The molecule has 0 spiro atoms. The van der Waals surface area contributed by atoms with Crippen molar-refractivity contribution in [2.45, 2.75) is 6.42 Å². The maximum absolute atomic E-state index is 12.8. The lowest BCUT2D eigenvalue weighted by Crippen LogP contribution is -2.06. The van der Waals surface area contributed by atoms with Crippen LogP contribution in [0.25, 0.3) is 0 Å². The Bertz CT molecular complexity index is 396. The van der Waals surface area contributed by atoms with Gasteiger partial charge in [-0.15, -0.1) is 0 Å². The lowest BCUT2D eigenvalue weighted by molar-refractivity contribution is -0.139. The molecule has 1 rings (SSSR count). The summed E-state index contributed by atoms with van der Waals surface area (Å²) in [6.45, 7) is 0. The number of methoxy groups -OCH3 is 1. The summed E-state index contributed by atoms with van der Waals surface area (Å²) in [5.41, 5.74) is 0.635. The Kier molecular flexibility index (Phi) is 3.19. The van der Waals surface area contributed by atoms with Crippen molar-refractivity contribution in [1.29, 1.82) is 5.26 Å². The van der Waals surface area contributed by atoms with E-state index < -0.39 is 11.8 Å². The molecule has 0 aliphatic heterocycles. The summed E-state index contributed by atoms with van der Waals surface area (Å²) in [5, 5.41) is 8.67. The number of hydrogen-bond donors (Lipinski definition) is 0. The molecular weight excluding hydrogens is 185 g/mol. The number of nitrogens with zero attached hydrogens (tertiary/aromatic N) is 1. The predicted molar refractivity (Wildman–Crippen MR) is 46.8 cm³/mol. The molecule has 14 heavy (non-hydrogen) atoms. The Hall–Kier alpha value is -1.89. The van der Waals surface area contributed by atoms with Gasteiger partial charge < -0.3 is 4.74 Å². The summed E-state index contributed by atoms with van der Waals surface area (Å²) in [4.78, 5) is 10.9. The zero-order valence-corrected chi connectivity index (χ0v) is 7.58. The van der Waals surface area contributed by atoms with Gasteiger partial charge >= 0.3 is 5.97 Å². The van der Waals surface area contributed by atoms with E-state index in [1.807, 2.05) is 6.07 Å². The highest BCUT2D eigenvalue weighted by molar-refractivity contribution is 5.73. The summed E-state index contributed by atoms with van der Waals surface area (Å²) in [7, 11) is 1.24. The van der Waals surface area contributed by atoms with E-state index in [-0.39, 0.29) is 12.0 Å². The van der Waals surface area contributed by atoms with Crippen molar-refractivity contribution in [3.05, 3.63) is 35.1 Å². The smallest absolute Gasteiger partial charge is 0.310 e. The second kappa shape index (κ2) is 4.38. The lowest BCUT2D eigenvalue weighted by atomic mass is 10.1. The maximum Gasteiger partial charge on any atom is 0.310 e. The number of carbonyl (C=O) groups is 1. The second-order valence-corrected chi connectivity index (χ2v) is 2.67. The molecule has 3 nitrogen and oxygen atoms in total. The van der Waals surface area contributed by atoms with Crippen LogP contribution >= 0.6 is 0 Å². The molecule has 0 radical (unpaired) electrons. The van der Waals surface area contributed by atoms with Gasteiger partial charge in [0, 0.05) is 0 Å². The molecular formula is C10H8FNO2. The van der Waals surface area contributed by atoms with Crippen LogP contribution in [-0.2, 0) is 16.0 Å². The molecule has 0 atom stereocenters. The summed E-state index contributed by atoms with van der Waals surface area (Å²) >= 11 is 0. The van der Waals surface area contributed by atoms with E-state index in [1.165, 1.54) is 19.2 Å². The molecule has 0 heterocycles. The fourth-order valence-electron chi connectivity index (χ4n) is 1.05. The lowest BCUT2D eigenvalue weighted by Gasteiger charge is -2.02. The van der Waals surface area contributed by atoms with E-state index in [2.05, 4.69) is 4.74 Å². The van der Waals surface area contributed by atoms with Gasteiger partial charge in [-0.05, 0) is 23.8 Å². The minimum absolute atomic E-state index is 0.0862. The molecule has 1 aromatic carbocycles. The van der Waals surface area contributed by atoms with Crippen molar-refractivity contribution in [2.24, 2.45) is 0 Å². The molecule has 72 valence electrons. The number of benzene rings is 1. The Morgan fingerprint density at radius 2 is 2.36 bits per heavy atom. The zero-order valence-electron chi connectivity index (χ0n) is 7.58. The zero-order chi connectivity index (χ0) is 10.6. The minimum Gasteiger partial charge on any atom is -0.469 e. The number of nitriles is 1. The summed E-state index contributed by atoms with van der Waals surface area (Å²) < 4.78 is 17.2. The highest BCUT2D eigenvalue weighted by Crippen LogP contribution is 2.11. The fraction of sp³-hybridized carbons (Fsp3) is 0.200. The van der Waals surface area contributed by atoms with Crippen LogP contribution in [0.5, 0.6) is 0 Å². The summed E-state index contributed by atoms with van der Waals surface area (Å²) in [6.07, 6.45) is -0.0862. The Labute approximate surface area is 80.7 Å². The van der Waals surface area contributed by atoms with E-state index in [9.17, 15) is 9.18 Å². The van der Waals surface area contributed by atoms with Crippen molar-refractivity contribution in [2.75, 3.05) is 7.11 Å². The van der Waals surface area contributed by atoms with E-state index in [1.54, 1.807) is 0 Å². The largest absolute Gasteiger partial charge is 0.469 e. The summed E-state index contributed by atoms with van der Waals surface area (Å²) in [6, 6.07) is 5.56. The molecule has 4 heteroatoms. The minimum atomic E-state index is -0.493. The predicted octanol–water partition coefficient (Wildman–Crippen LogP) is 1.41. The number of hydrogen-bond acceptors (Lipinski definition) is 3. The Morgan fingerprint density at radius 1 is 1.64 bits per heavy atom. The molecule has 1 aromatic rings. The maximum atomic E-state index is 12.8. The van der Waals surface area contributed by atoms with Crippen molar-refractivity contribution in [3.8, 4) is 6.07 Å². The van der Waals surface area contributed by atoms with Gasteiger partial charge in [-0.25, -0.2) is 4.39 Å². The first-order valence-electron chi connectivity index (χ1n) is 3.92. The third-order valence-corrected chi connectivity index (χ3v) is 1.75. The monoisotopic (exact) mass is 193 g/mol. The molecule has 0 aromatic heterocycles. The Morgan fingerprint density at radius 3 is 2.93 bits per heavy atom. The van der Waals surface area contributed by atoms with Crippen LogP contribution in [0.15, 0.2) is 18.2 Å². The molecule has 0 saturated carbocycles. The topological polar surface area (TPSA) is 50.1 Å². The molecule has 0 amide bonds. The number of ether oxygens (including phenoxy) is 1. The first-order chi connectivity index (χ1) is 6.67. The van der Waals surface area contributed by atoms with E-state index in [4.69, 9.17) is 5.26 Å². The SMILES string of the molecule is COC(=O)Cc1cc(F)ccc1C#N. The average Bonchev–Trinajstić information content (AvgIpc) is 2.18. The van der Waals surface area contributed by atoms with Crippen molar-refractivity contribution in [3.63, 3.8) is 0 Å². The molecule has 0 saturated heterocycles. The molecule has 0 N–H and O–H groups in total. The molecule has 0 aliphatic carbocycles. The van der Waals surface area contributed by atoms with Gasteiger partial charge in [0.1, 0.15) is 5.82 Å². The van der Waals surface area contributed by atoms with Crippen molar-refractivity contribution >= 4 is 5.97 Å². The molecule has 0 aliphatic rings. The van der Waals surface area contributed by atoms with E-state index >= 15 is 0 Å². The second-order valence-electron chi connectivity index (χ2n) is 2.67. The standard InChI is InChI=1S/C10H8FNO2/c1-14-10(13)5-8-4-9(11)3-2-7(8)6-12/h2-4H,5H2,1H3. The van der Waals surface area contributed by atoms with Crippen molar-refractivity contribution < 1.29 is 13.9 Å². The van der Waals surface area contributed by atoms with Crippen LogP contribution < -0.4 is 0 Å².